The first-order valence-corrected chi connectivity index (χ1v) is 32.3. The Bertz CT molecular complexity index is 3270. The molecule has 0 heterocycles. The Hall–Kier alpha value is -4.72. The van der Waals surface area contributed by atoms with E-state index in [1.165, 1.54) is 49.7 Å². The molecule has 8 unspecified atom stereocenters. The van der Waals surface area contributed by atoms with Crippen molar-refractivity contribution in [2.45, 2.75) is 237 Å². The Balaban J connectivity index is 0.996. The lowest BCUT2D eigenvalue weighted by Crippen LogP contribution is -2.57. The van der Waals surface area contributed by atoms with Gasteiger partial charge in [0.1, 0.15) is 0 Å². The molecule has 16 bridgehead atoms. The van der Waals surface area contributed by atoms with Crippen molar-refractivity contribution in [3.63, 3.8) is 0 Å². The van der Waals surface area contributed by atoms with E-state index >= 15 is 0 Å². The van der Waals surface area contributed by atoms with Gasteiger partial charge in [-0.05, 0) is 289 Å². The van der Waals surface area contributed by atoms with Crippen molar-refractivity contribution in [2.24, 2.45) is 67.0 Å². The number of nitro groups is 2. The fourth-order valence-corrected chi connectivity index (χ4v) is 29.6. The average molecular weight is 1090 g/mol. The molecule has 0 saturated heterocycles. The maximum absolute atomic E-state index is 14.2. The molecular formula is C73H88N2O6. The SMILES string of the molecule is CC12CC3CC(C)(C1)CC(c1ccc4c(c1)C(c1cc([N+](=O)[O-])c(O)c(C56CC7CC(C)(CC(C)(C7)C5)C6)c1)(c1cc([N+](=O)[O-])c(O)c(C56CC7CC(C)(CC(C)(C7)C5)C6)c1)c1cc(C56CC7CC(C)(CC(C)(C7)C5)C6)ccc1-4)(C3)C2. The zero-order valence-electron chi connectivity index (χ0n) is 50.0. The van der Waals surface area contributed by atoms with Crippen molar-refractivity contribution in [3.8, 4) is 22.6 Å². The van der Waals surface area contributed by atoms with E-state index in [-0.39, 0.29) is 86.9 Å². The highest BCUT2D eigenvalue weighted by Gasteiger charge is 2.66. The number of nitro benzene ring substituents is 2. The summed E-state index contributed by atoms with van der Waals surface area (Å²) < 4.78 is 0. The summed E-state index contributed by atoms with van der Waals surface area (Å²) in [5, 5.41) is 54.2. The van der Waals surface area contributed by atoms with Crippen molar-refractivity contribution >= 4 is 11.4 Å². The Morgan fingerprint density at radius 1 is 0.346 bits per heavy atom. The molecule has 8 heteroatoms. The molecule has 0 aromatic heterocycles. The second kappa shape index (κ2) is 14.8. The molecule has 8 nitrogen and oxygen atoms in total. The molecule has 0 spiro atoms. The van der Waals surface area contributed by atoms with E-state index in [0.29, 0.717) is 34.8 Å². The largest absolute Gasteiger partial charge is 0.502 e. The first kappa shape index (κ1) is 50.8. The Morgan fingerprint density at radius 3 is 0.877 bits per heavy atom. The van der Waals surface area contributed by atoms with Gasteiger partial charge in [0.05, 0.1) is 15.3 Å². The van der Waals surface area contributed by atoms with Crippen LogP contribution < -0.4 is 0 Å². The van der Waals surface area contributed by atoms with Crippen LogP contribution in [0.25, 0.3) is 11.1 Å². The fraction of sp³-hybridized carbons (Fsp3) is 0.671. The molecule has 17 aliphatic carbocycles. The number of hydrogen-bond donors (Lipinski definition) is 2. The molecule has 16 fully saturated rings. The maximum Gasteiger partial charge on any atom is 0.311 e. The number of benzene rings is 4. The highest BCUT2D eigenvalue weighted by Crippen LogP contribution is 2.76. The van der Waals surface area contributed by atoms with Crippen molar-refractivity contribution in [1.29, 1.82) is 0 Å². The number of nitrogens with zero attached hydrogens (tertiary/aromatic N) is 2. The van der Waals surface area contributed by atoms with Gasteiger partial charge in [0, 0.05) is 34.1 Å². The molecule has 0 radical (unpaired) electrons. The molecule has 17 aliphatic rings. The Kier molecular flexibility index (Phi) is 9.30. The van der Waals surface area contributed by atoms with E-state index in [1.54, 1.807) is 12.1 Å². The molecular weight excluding hydrogens is 1000 g/mol. The topological polar surface area (TPSA) is 127 Å². The van der Waals surface area contributed by atoms with Gasteiger partial charge in [-0.2, -0.15) is 0 Å². The van der Waals surface area contributed by atoms with Crippen LogP contribution in [0.5, 0.6) is 11.5 Å². The first-order valence-electron chi connectivity index (χ1n) is 32.3. The van der Waals surface area contributed by atoms with E-state index in [9.17, 15) is 30.4 Å². The molecule has 4 aromatic carbocycles. The summed E-state index contributed by atoms with van der Waals surface area (Å²) in [5.74, 6) is 1.82. The summed E-state index contributed by atoms with van der Waals surface area (Å²) in [6, 6.07) is 22.7. The molecule has 81 heavy (non-hydrogen) atoms. The van der Waals surface area contributed by atoms with Gasteiger partial charge in [0.2, 0.25) is 0 Å². The van der Waals surface area contributed by atoms with Crippen LogP contribution in [-0.2, 0) is 27.1 Å². The van der Waals surface area contributed by atoms with Crippen LogP contribution in [0, 0.1) is 87.2 Å². The van der Waals surface area contributed by atoms with Gasteiger partial charge in [-0.25, -0.2) is 0 Å². The van der Waals surface area contributed by atoms with E-state index in [0.717, 1.165) is 149 Å². The lowest BCUT2D eigenvalue weighted by molar-refractivity contribution is -0.386. The zero-order valence-corrected chi connectivity index (χ0v) is 50.0. The van der Waals surface area contributed by atoms with Crippen LogP contribution in [0.4, 0.5) is 11.4 Å². The van der Waals surface area contributed by atoms with Crippen molar-refractivity contribution < 1.29 is 20.1 Å². The monoisotopic (exact) mass is 1090 g/mol. The van der Waals surface area contributed by atoms with Crippen LogP contribution in [0.1, 0.15) is 254 Å². The van der Waals surface area contributed by atoms with E-state index in [2.05, 4.69) is 104 Å². The van der Waals surface area contributed by atoms with E-state index in [4.69, 9.17) is 0 Å². The number of aromatic hydroxyl groups is 2. The Labute approximate surface area is 480 Å². The predicted molar refractivity (Wildman–Crippen MR) is 317 cm³/mol. The first-order chi connectivity index (χ1) is 37.9. The molecule has 21 rings (SSSR count). The van der Waals surface area contributed by atoms with Gasteiger partial charge in [0.25, 0.3) is 0 Å². The molecule has 0 amide bonds. The van der Waals surface area contributed by atoms with Crippen molar-refractivity contribution in [2.75, 3.05) is 0 Å². The van der Waals surface area contributed by atoms with Gasteiger partial charge in [0.15, 0.2) is 11.5 Å². The van der Waals surface area contributed by atoms with E-state index in [1.807, 2.05) is 0 Å². The van der Waals surface area contributed by atoms with Gasteiger partial charge in [-0.1, -0.05) is 91.8 Å². The van der Waals surface area contributed by atoms with E-state index < -0.39 is 16.2 Å². The summed E-state index contributed by atoms with van der Waals surface area (Å²) >= 11 is 0. The lowest BCUT2D eigenvalue weighted by Gasteiger charge is -2.65. The number of rotatable bonds is 8. The average Bonchev–Trinajstić information content (AvgIpc) is 3.43. The quantitative estimate of drug-likeness (QED) is 0.118. The van der Waals surface area contributed by atoms with Gasteiger partial charge >= 0.3 is 11.4 Å². The second-order valence-corrected chi connectivity index (χ2v) is 36.2. The van der Waals surface area contributed by atoms with Crippen LogP contribution in [0.2, 0.25) is 0 Å². The molecule has 0 aliphatic heterocycles. The number of hydrogen-bond acceptors (Lipinski definition) is 6. The normalized spacial score (nSPS) is 48.2. The lowest BCUT2D eigenvalue weighted by atomic mass is 9.39. The van der Waals surface area contributed by atoms with Gasteiger partial charge in [-0.3, -0.25) is 20.2 Å². The standard InChI is InChI=1S/C73H88N2O6/c1-61-19-43-20-62(2,31-61)36-69(27-43,35-61)47-9-11-51-52-12-10-48(70-28-44-21-63(3,37-70)32-64(4,22-44)38-70)14-54(52)73(53(51)13-47,49-15-55(59(76)57(17-49)74(78)79)71-29-45-23-65(5,39-71)33-66(6,24-45)40-71)50-16-56(60(77)58(18-50)75(80)81)72-30-46-25-67(7,41-72)34-68(8,26-46)42-72/h9-18,43-46,76-77H,19-42H2,1-8H3. The summed E-state index contributed by atoms with van der Waals surface area (Å²) in [6.45, 7) is 20.0. The third-order valence-electron chi connectivity index (χ3n) is 27.4. The summed E-state index contributed by atoms with van der Waals surface area (Å²) in [7, 11) is 0. The minimum Gasteiger partial charge on any atom is -0.502 e. The summed E-state index contributed by atoms with van der Waals surface area (Å²) in [5.41, 5.74) is 8.07. The molecule has 8 atom stereocenters. The zero-order chi connectivity index (χ0) is 56.1. The van der Waals surface area contributed by atoms with Crippen molar-refractivity contribution in [1.82, 2.24) is 0 Å². The predicted octanol–water partition coefficient (Wildman–Crippen LogP) is 18.3. The smallest absolute Gasteiger partial charge is 0.311 e. The number of phenolic OH excluding ortho intramolecular Hbond substituents is 2. The highest BCUT2D eigenvalue weighted by atomic mass is 16.6. The van der Waals surface area contributed by atoms with Crippen LogP contribution in [0.3, 0.4) is 0 Å². The molecule has 4 aromatic rings. The minimum absolute atomic E-state index is 0.0489. The fourth-order valence-electron chi connectivity index (χ4n) is 29.6. The third kappa shape index (κ3) is 6.72. The highest BCUT2D eigenvalue weighted by molar-refractivity contribution is 5.88. The molecule has 426 valence electrons. The molecule has 16 saturated carbocycles. The van der Waals surface area contributed by atoms with Crippen LogP contribution >= 0.6 is 0 Å². The number of fused-ring (bicyclic) bond motifs is 3. The third-order valence-corrected chi connectivity index (χ3v) is 27.4. The minimum atomic E-state index is -1.30. The molecule has 2 N–H and O–H groups in total. The van der Waals surface area contributed by atoms with Gasteiger partial charge < -0.3 is 10.2 Å². The van der Waals surface area contributed by atoms with Crippen LogP contribution in [0.15, 0.2) is 60.7 Å². The van der Waals surface area contributed by atoms with Gasteiger partial charge in [-0.15, -0.1) is 0 Å². The van der Waals surface area contributed by atoms with Crippen molar-refractivity contribution in [3.05, 3.63) is 125 Å². The maximum atomic E-state index is 14.2. The van der Waals surface area contributed by atoms with Crippen LogP contribution in [-0.4, -0.2) is 20.1 Å². The second-order valence-electron chi connectivity index (χ2n) is 36.2. The summed E-state index contributed by atoms with van der Waals surface area (Å²) in [6.07, 6.45) is 26.5. The summed E-state index contributed by atoms with van der Waals surface area (Å²) in [4.78, 5) is 27.6. The number of phenols is 2. The Morgan fingerprint density at radius 2 is 0.605 bits per heavy atom.